The molecule has 10 nitrogen and oxygen atoms in total. The number of fused-ring (bicyclic) bond motifs is 1. The average molecular weight is 366 g/mol. The SMILES string of the molecule is Cc1ncnc(C(=O)N2CCn3c(COc4ncccn4)nnc3C2)c1C. The second-order valence-electron chi connectivity index (χ2n) is 6.16. The number of nitrogens with zero attached hydrogens (tertiary/aromatic N) is 8. The Morgan fingerprint density at radius 1 is 1.11 bits per heavy atom. The number of rotatable bonds is 4. The van der Waals surface area contributed by atoms with Crippen molar-refractivity contribution < 1.29 is 9.53 Å². The molecule has 0 bridgehead atoms. The first kappa shape index (κ1) is 17.0. The van der Waals surface area contributed by atoms with Gasteiger partial charge in [-0.3, -0.25) is 4.79 Å². The van der Waals surface area contributed by atoms with Crippen LogP contribution in [0.1, 0.15) is 33.4 Å². The quantitative estimate of drug-likeness (QED) is 0.664. The molecule has 0 aromatic carbocycles. The fraction of sp³-hybridized carbons (Fsp3) is 0.353. The van der Waals surface area contributed by atoms with Gasteiger partial charge < -0.3 is 14.2 Å². The van der Waals surface area contributed by atoms with Crippen LogP contribution in [0.3, 0.4) is 0 Å². The Morgan fingerprint density at radius 2 is 1.93 bits per heavy atom. The number of hydrogen-bond acceptors (Lipinski definition) is 8. The van der Waals surface area contributed by atoms with Crippen LogP contribution in [-0.4, -0.2) is 52.1 Å². The largest absolute Gasteiger partial charge is 0.455 e. The zero-order valence-electron chi connectivity index (χ0n) is 15.0. The highest BCUT2D eigenvalue weighted by Crippen LogP contribution is 2.17. The summed E-state index contributed by atoms with van der Waals surface area (Å²) in [5, 5.41) is 8.38. The van der Waals surface area contributed by atoms with Crippen LogP contribution < -0.4 is 4.74 Å². The van der Waals surface area contributed by atoms with E-state index in [4.69, 9.17) is 4.74 Å². The van der Waals surface area contributed by atoms with Crippen molar-refractivity contribution in [2.24, 2.45) is 0 Å². The predicted octanol–water partition coefficient (Wildman–Crippen LogP) is 0.710. The van der Waals surface area contributed by atoms with Crippen LogP contribution in [0, 0.1) is 13.8 Å². The minimum absolute atomic E-state index is 0.122. The van der Waals surface area contributed by atoms with Gasteiger partial charge in [-0.1, -0.05) is 0 Å². The molecule has 0 N–H and O–H groups in total. The molecule has 0 radical (unpaired) electrons. The Balaban J connectivity index is 1.47. The number of hydrogen-bond donors (Lipinski definition) is 0. The summed E-state index contributed by atoms with van der Waals surface area (Å²) in [6.45, 7) is 5.44. The molecule has 0 aliphatic carbocycles. The van der Waals surface area contributed by atoms with Crippen LogP contribution in [0.2, 0.25) is 0 Å². The molecule has 0 saturated carbocycles. The minimum atomic E-state index is -0.122. The first-order valence-corrected chi connectivity index (χ1v) is 8.51. The van der Waals surface area contributed by atoms with E-state index >= 15 is 0 Å². The van der Waals surface area contributed by atoms with E-state index in [1.54, 1.807) is 23.4 Å². The molecule has 4 heterocycles. The van der Waals surface area contributed by atoms with Gasteiger partial charge in [0.25, 0.3) is 5.91 Å². The van der Waals surface area contributed by atoms with E-state index in [9.17, 15) is 4.79 Å². The maximum Gasteiger partial charge on any atom is 0.316 e. The van der Waals surface area contributed by atoms with E-state index in [-0.39, 0.29) is 18.5 Å². The molecule has 3 aromatic rings. The molecule has 138 valence electrons. The molecular formula is C17H18N8O2. The first-order valence-electron chi connectivity index (χ1n) is 8.51. The van der Waals surface area contributed by atoms with Gasteiger partial charge in [-0.05, 0) is 19.9 Å². The van der Waals surface area contributed by atoms with Crippen LogP contribution >= 0.6 is 0 Å². The van der Waals surface area contributed by atoms with Crippen LogP contribution in [0.5, 0.6) is 6.01 Å². The Bertz CT molecular complexity index is 972. The molecule has 1 amide bonds. The molecular weight excluding hydrogens is 348 g/mol. The predicted molar refractivity (Wildman–Crippen MR) is 92.6 cm³/mol. The van der Waals surface area contributed by atoms with Gasteiger partial charge in [0.1, 0.15) is 12.0 Å². The van der Waals surface area contributed by atoms with Crippen molar-refractivity contribution in [3.8, 4) is 6.01 Å². The summed E-state index contributed by atoms with van der Waals surface area (Å²) in [5.74, 6) is 1.27. The molecule has 0 unspecified atom stereocenters. The fourth-order valence-corrected chi connectivity index (χ4v) is 2.89. The molecule has 4 rings (SSSR count). The number of carbonyl (C=O) groups is 1. The lowest BCUT2D eigenvalue weighted by Crippen LogP contribution is -2.39. The third kappa shape index (κ3) is 3.33. The van der Waals surface area contributed by atoms with E-state index in [0.29, 0.717) is 37.0 Å². The van der Waals surface area contributed by atoms with Crippen LogP contribution in [0.25, 0.3) is 0 Å². The zero-order valence-corrected chi connectivity index (χ0v) is 15.0. The molecule has 1 aliphatic heterocycles. The standard InChI is InChI=1S/C17H18N8O2/c1-11-12(2)20-10-21-15(11)16(26)24-6-7-25-13(8-24)22-23-14(25)9-27-17-18-4-3-5-19-17/h3-5,10H,6-9H2,1-2H3. The van der Waals surface area contributed by atoms with Crippen LogP contribution in [0.4, 0.5) is 0 Å². The lowest BCUT2D eigenvalue weighted by atomic mass is 10.1. The third-order valence-electron chi connectivity index (χ3n) is 4.53. The summed E-state index contributed by atoms with van der Waals surface area (Å²) in [7, 11) is 0. The van der Waals surface area contributed by atoms with Gasteiger partial charge in [-0.2, -0.15) is 0 Å². The van der Waals surface area contributed by atoms with Gasteiger partial charge in [0, 0.05) is 36.7 Å². The molecule has 1 aliphatic rings. The Hall–Kier alpha value is -3.43. The molecule has 3 aromatic heterocycles. The van der Waals surface area contributed by atoms with E-state index in [1.165, 1.54) is 6.33 Å². The molecule has 27 heavy (non-hydrogen) atoms. The highest BCUT2D eigenvalue weighted by Gasteiger charge is 2.27. The summed E-state index contributed by atoms with van der Waals surface area (Å²) in [6, 6.07) is 2.01. The minimum Gasteiger partial charge on any atom is -0.455 e. The summed E-state index contributed by atoms with van der Waals surface area (Å²) in [6.07, 6.45) is 4.65. The van der Waals surface area contributed by atoms with Crippen LogP contribution in [0.15, 0.2) is 24.8 Å². The Kier molecular flexibility index (Phi) is 4.45. The Morgan fingerprint density at radius 3 is 2.74 bits per heavy atom. The molecule has 0 atom stereocenters. The van der Waals surface area contributed by atoms with Crippen molar-refractivity contribution in [2.75, 3.05) is 6.54 Å². The third-order valence-corrected chi connectivity index (χ3v) is 4.53. The normalized spacial score (nSPS) is 13.3. The van der Waals surface area contributed by atoms with E-state index in [0.717, 1.165) is 11.3 Å². The van der Waals surface area contributed by atoms with Gasteiger partial charge in [0.05, 0.1) is 6.54 Å². The summed E-state index contributed by atoms with van der Waals surface area (Å²) in [5.41, 5.74) is 2.03. The van der Waals surface area contributed by atoms with Crippen molar-refractivity contribution in [1.29, 1.82) is 0 Å². The molecule has 0 fully saturated rings. The van der Waals surface area contributed by atoms with Gasteiger partial charge in [-0.15, -0.1) is 10.2 Å². The Labute approximate surface area is 155 Å². The van der Waals surface area contributed by atoms with Crippen molar-refractivity contribution in [2.45, 2.75) is 33.5 Å². The zero-order chi connectivity index (χ0) is 18.8. The second kappa shape index (κ2) is 7.06. The number of aromatic nitrogens is 7. The van der Waals surface area contributed by atoms with Gasteiger partial charge in [0.15, 0.2) is 18.3 Å². The van der Waals surface area contributed by atoms with Crippen molar-refractivity contribution in [1.82, 2.24) is 39.6 Å². The number of aryl methyl sites for hydroxylation is 1. The number of amides is 1. The van der Waals surface area contributed by atoms with Crippen molar-refractivity contribution in [3.05, 3.63) is 53.4 Å². The van der Waals surface area contributed by atoms with Crippen LogP contribution in [-0.2, 0) is 19.7 Å². The van der Waals surface area contributed by atoms with Crippen molar-refractivity contribution >= 4 is 5.91 Å². The lowest BCUT2D eigenvalue weighted by Gasteiger charge is -2.28. The smallest absolute Gasteiger partial charge is 0.316 e. The maximum atomic E-state index is 12.8. The first-order chi connectivity index (χ1) is 13.1. The van der Waals surface area contributed by atoms with Gasteiger partial charge in [0.2, 0.25) is 0 Å². The van der Waals surface area contributed by atoms with E-state index < -0.39 is 0 Å². The maximum absolute atomic E-state index is 12.8. The fourth-order valence-electron chi connectivity index (χ4n) is 2.89. The summed E-state index contributed by atoms with van der Waals surface area (Å²) < 4.78 is 7.51. The number of ether oxygens (including phenoxy) is 1. The molecule has 0 saturated heterocycles. The topological polar surface area (TPSA) is 112 Å². The van der Waals surface area contributed by atoms with Gasteiger partial charge >= 0.3 is 6.01 Å². The summed E-state index contributed by atoms with van der Waals surface area (Å²) in [4.78, 5) is 30.9. The van der Waals surface area contributed by atoms with E-state index in [1.807, 2.05) is 18.4 Å². The number of carbonyl (C=O) groups excluding carboxylic acids is 1. The highest BCUT2D eigenvalue weighted by molar-refractivity contribution is 5.93. The summed E-state index contributed by atoms with van der Waals surface area (Å²) >= 11 is 0. The van der Waals surface area contributed by atoms with E-state index in [2.05, 4.69) is 30.1 Å². The van der Waals surface area contributed by atoms with Crippen molar-refractivity contribution in [3.63, 3.8) is 0 Å². The molecule has 10 heteroatoms. The highest BCUT2D eigenvalue weighted by atomic mass is 16.5. The molecule has 0 spiro atoms. The monoisotopic (exact) mass is 366 g/mol. The van der Waals surface area contributed by atoms with Gasteiger partial charge in [-0.25, -0.2) is 19.9 Å². The average Bonchev–Trinajstić information content (AvgIpc) is 3.11. The lowest BCUT2D eigenvalue weighted by molar-refractivity contribution is 0.0698. The second-order valence-corrected chi connectivity index (χ2v) is 6.16.